The van der Waals surface area contributed by atoms with Gasteiger partial charge in [-0.25, -0.2) is 9.59 Å². The van der Waals surface area contributed by atoms with Crippen LogP contribution in [0, 0.1) is 13.8 Å². The highest BCUT2D eigenvalue weighted by Crippen LogP contribution is 2.22. The van der Waals surface area contributed by atoms with Gasteiger partial charge >= 0.3 is 12.0 Å². The van der Waals surface area contributed by atoms with Gasteiger partial charge in [0.15, 0.2) is 0 Å². The van der Waals surface area contributed by atoms with Gasteiger partial charge in [0.2, 0.25) is 0 Å². The molecule has 0 aromatic heterocycles. The van der Waals surface area contributed by atoms with Crippen molar-refractivity contribution in [2.75, 3.05) is 23.9 Å². The lowest BCUT2D eigenvalue weighted by Gasteiger charge is -2.13. The molecule has 1 aromatic rings. The van der Waals surface area contributed by atoms with Crippen molar-refractivity contribution < 1.29 is 14.7 Å². The molecule has 0 saturated heterocycles. The van der Waals surface area contributed by atoms with Crippen molar-refractivity contribution in [1.82, 2.24) is 5.32 Å². The number of carbonyl (C=O) groups is 2. The van der Waals surface area contributed by atoms with E-state index >= 15 is 0 Å². The maximum Gasteiger partial charge on any atom is 0.337 e. The van der Waals surface area contributed by atoms with Crippen molar-refractivity contribution in [3.63, 3.8) is 0 Å². The summed E-state index contributed by atoms with van der Waals surface area (Å²) in [6.07, 6.45) is 2.89. The van der Waals surface area contributed by atoms with Gasteiger partial charge in [-0.1, -0.05) is 6.07 Å². The molecule has 3 N–H and O–H groups in total. The number of amides is 2. The first-order valence-electron chi connectivity index (χ1n) is 6.34. The second-order valence-electron chi connectivity index (χ2n) is 4.54. The topological polar surface area (TPSA) is 78.4 Å². The normalized spacial score (nSPS) is 10.2. The number of hydrogen-bond donors (Lipinski definition) is 3. The molecule has 1 aromatic carbocycles. The van der Waals surface area contributed by atoms with Crippen molar-refractivity contribution in [3.05, 3.63) is 28.8 Å². The van der Waals surface area contributed by atoms with Crippen LogP contribution < -0.4 is 10.6 Å². The third kappa shape index (κ3) is 4.77. The molecule has 0 atom stereocenters. The summed E-state index contributed by atoms with van der Waals surface area (Å²) in [5, 5.41) is 14.5. The third-order valence-electron chi connectivity index (χ3n) is 2.76. The van der Waals surface area contributed by atoms with E-state index in [2.05, 4.69) is 10.6 Å². The predicted molar refractivity (Wildman–Crippen MR) is 82.9 cm³/mol. The fourth-order valence-corrected chi connectivity index (χ4v) is 2.31. The lowest BCUT2D eigenvalue weighted by atomic mass is 10.0. The minimum absolute atomic E-state index is 0.113. The van der Waals surface area contributed by atoms with E-state index in [0.717, 1.165) is 23.3 Å². The second kappa shape index (κ2) is 7.79. The minimum Gasteiger partial charge on any atom is -0.478 e. The highest BCUT2D eigenvalue weighted by Gasteiger charge is 2.15. The van der Waals surface area contributed by atoms with E-state index < -0.39 is 5.97 Å². The zero-order valence-corrected chi connectivity index (χ0v) is 12.8. The molecular weight excluding hydrogens is 276 g/mol. The standard InChI is InChI=1S/C14H20N2O3S/c1-9-7-10(2)12(11(8-9)13(17)18)16-14(19)15-5-4-6-20-3/h7-8H,4-6H2,1-3H3,(H,17,18)(H2,15,16,19). The largest absolute Gasteiger partial charge is 0.478 e. The predicted octanol–water partition coefficient (Wildman–Crippen LogP) is 2.88. The molecule has 0 spiro atoms. The molecule has 1 rings (SSSR count). The summed E-state index contributed by atoms with van der Waals surface area (Å²) in [5.41, 5.74) is 2.06. The summed E-state index contributed by atoms with van der Waals surface area (Å²) in [6, 6.07) is 3.02. The van der Waals surface area contributed by atoms with Crippen LogP contribution in [0.4, 0.5) is 10.5 Å². The van der Waals surface area contributed by atoms with Crippen molar-refractivity contribution in [2.45, 2.75) is 20.3 Å². The smallest absolute Gasteiger partial charge is 0.337 e. The number of carbonyl (C=O) groups excluding carboxylic acids is 1. The Morgan fingerprint density at radius 3 is 2.60 bits per heavy atom. The molecule has 0 fully saturated rings. The van der Waals surface area contributed by atoms with Crippen molar-refractivity contribution >= 4 is 29.4 Å². The van der Waals surface area contributed by atoms with Crippen LogP contribution in [0.25, 0.3) is 0 Å². The molecule has 0 aliphatic rings. The van der Waals surface area contributed by atoms with Gasteiger partial charge in [-0.15, -0.1) is 0 Å². The van der Waals surface area contributed by atoms with E-state index in [1.165, 1.54) is 0 Å². The monoisotopic (exact) mass is 296 g/mol. The Labute approximate surface area is 123 Å². The van der Waals surface area contributed by atoms with E-state index in [1.807, 2.05) is 19.2 Å². The number of aromatic carboxylic acids is 1. The summed E-state index contributed by atoms with van der Waals surface area (Å²) in [7, 11) is 0. The van der Waals surface area contributed by atoms with Crippen LogP contribution in [0.3, 0.4) is 0 Å². The highest BCUT2D eigenvalue weighted by molar-refractivity contribution is 7.98. The Hall–Kier alpha value is -1.69. The van der Waals surface area contributed by atoms with E-state index in [0.29, 0.717) is 12.2 Å². The van der Waals surface area contributed by atoms with Crippen LogP contribution in [0.5, 0.6) is 0 Å². The molecule has 110 valence electrons. The van der Waals surface area contributed by atoms with Crippen LogP contribution in [-0.2, 0) is 0 Å². The highest BCUT2D eigenvalue weighted by atomic mass is 32.2. The van der Waals surface area contributed by atoms with Crippen LogP contribution in [0.15, 0.2) is 12.1 Å². The summed E-state index contributed by atoms with van der Waals surface area (Å²) < 4.78 is 0. The zero-order chi connectivity index (χ0) is 15.1. The Balaban J connectivity index is 2.76. The van der Waals surface area contributed by atoms with Gasteiger partial charge in [-0.05, 0) is 49.5 Å². The average molecular weight is 296 g/mol. The Kier molecular flexibility index (Phi) is 6.38. The molecular formula is C14H20N2O3S. The molecule has 5 nitrogen and oxygen atoms in total. The Morgan fingerprint density at radius 2 is 2.00 bits per heavy atom. The molecule has 0 radical (unpaired) electrons. The van der Waals surface area contributed by atoms with Gasteiger partial charge in [0.1, 0.15) is 0 Å². The molecule has 0 saturated carbocycles. The zero-order valence-electron chi connectivity index (χ0n) is 11.9. The number of carboxylic acid groups (broad SMARTS) is 1. The molecule has 0 unspecified atom stereocenters. The number of thioether (sulfide) groups is 1. The molecule has 0 heterocycles. The molecule has 0 bridgehead atoms. The van der Waals surface area contributed by atoms with E-state index in [-0.39, 0.29) is 11.6 Å². The number of hydrogen-bond acceptors (Lipinski definition) is 3. The number of urea groups is 1. The molecule has 6 heteroatoms. The maximum absolute atomic E-state index is 11.8. The fourth-order valence-electron chi connectivity index (χ4n) is 1.88. The quantitative estimate of drug-likeness (QED) is 0.705. The van der Waals surface area contributed by atoms with Gasteiger partial charge in [-0.3, -0.25) is 0 Å². The Bertz CT molecular complexity index is 503. The maximum atomic E-state index is 11.8. The number of nitrogens with one attached hydrogen (secondary N) is 2. The summed E-state index contributed by atoms with van der Waals surface area (Å²) in [5.74, 6) is -0.0704. The number of aryl methyl sites for hydroxylation is 2. The lowest BCUT2D eigenvalue weighted by Crippen LogP contribution is -2.30. The SMILES string of the molecule is CSCCCNC(=O)Nc1c(C)cc(C)cc1C(=O)O. The van der Waals surface area contributed by atoms with Gasteiger partial charge < -0.3 is 15.7 Å². The van der Waals surface area contributed by atoms with Gasteiger partial charge in [0, 0.05) is 6.54 Å². The summed E-state index contributed by atoms with van der Waals surface area (Å²) in [4.78, 5) is 23.0. The van der Waals surface area contributed by atoms with Gasteiger partial charge in [0.25, 0.3) is 0 Å². The van der Waals surface area contributed by atoms with Crippen LogP contribution in [-0.4, -0.2) is 35.7 Å². The first-order valence-corrected chi connectivity index (χ1v) is 7.73. The average Bonchev–Trinajstić information content (AvgIpc) is 2.37. The lowest BCUT2D eigenvalue weighted by molar-refractivity contribution is 0.0698. The molecule has 0 aliphatic carbocycles. The summed E-state index contributed by atoms with van der Waals surface area (Å²) in [6.45, 7) is 4.18. The number of carboxylic acids is 1. The summed E-state index contributed by atoms with van der Waals surface area (Å²) >= 11 is 1.72. The van der Waals surface area contributed by atoms with E-state index in [9.17, 15) is 14.7 Å². The molecule has 2 amide bonds. The van der Waals surface area contributed by atoms with Gasteiger partial charge in [0.05, 0.1) is 11.3 Å². The van der Waals surface area contributed by atoms with E-state index in [4.69, 9.17) is 0 Å². The molecule has 20 heavy (non-hydrogen) atoms. The van der Waals surface area contributed by atoms with Crippen molar-refractivity contribution in [3.8, 4) is 0 Å². The van der Waals surface area contributed by atoms with Crippen LogP contribution in [0.2, 0.25) is 0 Å². The Morgan fingerprint density at radius 1 is 1.30 bits per heavy atom. The number of anilines is 1. The minimum atomic E-state index is -1.05. The number of rotatable bonds is 6. The van der Waals surface area contributed by atoms with Crippen molar-refractivity contribution in [2.24, 2.45) is 0 Å². The van der Waals surface area contributed by atoms with Crippen LogP contribution in [0.1, 0.15) is 27.9 Å². The van der Waals surface area contributed by atoms with Crippen LogP contribution >= 0.6 is 11.8 Å². The first-order chi connectivity index (χ1) is 9.45. The first kappa shape index (κ1) is 16.4. The van der Waals surface area contributed by atoms with Gasteiger partial charge in [-0.2, -0.15) is 11.8 Å². The van der Waals surface area contributed by atoms with E-state index in [1.54, 1.807) is 24.8 Å². The third-order valence-corrected chi connectivity index (χ3v) is 3.46. The molecule has 0 aliphatic heterocycles. The second-order valence-corrected chi connectivity index (χ2v) is 5.52. The fraction of sp³-hybridized carbons (Fsp3) is 0.429. The number of benzene rings is 1. The van der Waals surface area contributed by atoms with Crippen molar-refractivity contribution in [1.29, 1.82) is 0 Å².